The maximum absolute atomic E-state index is 13.1. The van der Waals surface area contributed by atoms with Gasteiger partial charge in [-0.05, 0) is 22.6 Å². The third-order valence-corrected chi connectivity index (χ3v) is 2.57. The zero-order valence-electron chi connectivity index (χ0n) is 6.31. The molecule has 1 N–H and O–H groups in total. The summed E-state index contributed by atoms with van der Waals surface area (Å²) in [5.41, 5.74) is 0.595. The standard InChI is InChI=1S/C8H3FIN3/c9-5-2-12-8-7(4(5)1-11)6(10)3-13-8/h2-3H,(H,12,13). The van der Waals surface area contributed by atoms with Crippen molar-refractivity contribution in [2.45, 2.75) is 0 Å². The molecule has 0 unspecified atom stereocenters. The number of nitrogens with zero attached hydrogens (tertiary/aromatic N) is 2. The first-order valence-electron chi connectivity index (χ1n) is 3.45. The van der Waals surface area contributed by atoms with E-state index in [1.807, 2.05) is 28.7 Å². The van der Waals surface area contributed by atoms with Crippen molar-refractivity contribution in [3.05, 3.63) is 27.3 Å². The van der Waals surface area contributed by atoms with E-state index in [-0.39, 0.29) is 5.56 Å². The average molecular weight is 287 g/mol. The summed E-state index contributed by atoms with van der Waals surface area (Å²) in [6, 6.07) is 1.83. The van der Waals surface area contributed by atoms with Gasteiger partial charge in [0.25, 0.3) is 0 Å². The lowest BCUT2D eigenvalue weighted by molar-refractivity contribution is 0.620. The Morgan fingerprint density at radius 1 is 1.62 bits per heavy atom. The van der Waals surface area contributed by atoms with Crippen LogP contribution in [0.4, 0.5) is 4.39 Å². The molecule has 0 fully saturated rings. The maximum Gasteiger partial charge on any atom is 0.160 e. The predicted octanol–water partition coefficient (Wildman–Crippen LogP) is 2.18. The molecule has 2 rings (SSSR count). The first-order valence-corrected chi connectivity index (χ1v) is 4.53. The Hall–Kier alpha value is -1.16. The Bertz CT molecular complexity index is 512. The Morgan fingerprint density at radius 2 is 2.38 bits per heavy atom. The molecule has 0 aromatic carbocycles. The minimum absolute atomic E-state index is 0.0515. The van der Waals surface area contributed by atoms with Crippen LogP contribution in [0.2, 0.25) is 0 Å². The molecule has 2 heterocycles. The lowest BCUT2D eigenvalue weighted by Crippen LogP contribution is -1.88. The number of H-pyrrole nitrogens is 1. The molecule has 0 atom stereocenters. The summed E-state index contributed by atoms with van der Waals surface area (Å²) in [6.07, 6.45) is 2.74. The molecule has 13 heavy (non-hydrogen) atoms. The molecule has 2 aromatic rings. The second-order valence-electron chi connectivity index (χ2n) is 2.45. The highest BCUT2D eigenvalue weighted by Crippen LogP contribution is 2.23. The summed E-state index contributed by atoms with van der Waals surface area (Å²) in [7, 11) is 0. The third kappa shape index (κ3) is 1.18. The van der Waals surface area contributed by atoms with Gasteiger partial charge in [-0.25, -0.2) is 9.37 Å². The van der Waals surface area contributed by atoms with Gasteiger partial charge in [0.2, 0.25) is 0 Å². The van der Waals surface area contributed by atoms with Crippen molar-refractivity contribution in [2.24, 2.45) is 0 Å². The van der Waals surface area contributed by atoms with E-state index in [9.17, 15) is 4.39 Å². The van der Waals surface area contributed by atoms with Gasteiger partial charge in [-0.2, -0.15) is 5.26 Å². The van der Waals surface area contributed by atoms with Crippen molar-refractivity contribution >= 4 is 33.6 Å². The van der Waals surface area contributed by atoms with Crippen LogP contribution >= 0.6 is 22.6 Å². The number of halogens is 2. The minimum atomic E-state index is -0.576. The number of rotatable bonds is 0. The number of hydrogen-bond donors (Lipinski definition) is 1. The molecule has 0 aliphatic carbocycles. The van der Waals surface area contributed by atoms with E-state index < -0.39 is 5.82 Å². The topological polar surface area (TPSA) is 52.5 Å². The van der Waals surface area contributed by atoms with Crippen LogP contribution in [-0.2, 0) is 0 Å². The number of hydrogen-bond acceptors (Lipinski definition) is 2. The van der Waals surface area contributed by atoms with Gasteiger partial charge in [0, 0.05) is 9.77 Å². The van der Waals surface area contributed by atoms with Crippen molar-refractivity contribution in [1.29, 1.82) is 5.26 Å². The molecule has 0 bridgehead atoms. The van der Waals surface area contributed by atoms with Crippen LogP contribution in [0.1, 0.15) is 5.56 Å². The van der Waals surface area contributed by atoms with Crippen molar-refractivity contribution < 1.29 is 4.39 Å². The normalized spacial score (nSPS) is 10.2. The van der Waals surface area contributed by atoms with Gasteiger partial charge in [0.1, 0.15) is 17.3 Å². The summed E-state index contributed by atoms with van der Waals surface area (Å²) in [5.74, 6) is -0.576. The fourth-order valence-corrected chi connectivity index (χ4v) is 1.82. The van der Waals surface area contributed by atoms with Gasteiger partial charge in [-0.3, -0.25) is 0 Å². The van der Waals surface area contributed by atoms with Gasteiger partial charge >= 0.3 is 0 Å². The third-order valence-electron chi connectivity index (χ3n) is 1.72. The van der Waals surface area contributed by atoms with Gasteiger partial charge in [0.15, 0.2) is 5.82 Å². The monoisotopic (exact) mass is 287 g/mol. The quantitative estimate of drug-likeness (QED) is 0.755. The predicted molar refractivity (Wildman–Crippen MR) is 53.5 cm³/mol. The van der Waals surface area contributed by atoms with E-state index in [0.29, 0.717) is 11.0 Å². The lowest BCUT2D eigenvalue weighted by atomic mass is 10.2. The van der Waals surface area contributed by atoms with Gasteiger partial charge < -0.3 is 4.98 Å². The Morgan fingerprint density at radius 3 is 3.08 bits per heavy atom. The molecule has 0 saturated heterocycles. The number of aromatic nitrogens is 2. The molecule has 0 aliphatic rings. The fourth-order valence-electron chi connectivity index (χ4n) is 1.14. The van der Waals surface area contributed by atoms with E-state index in [1.54, 1.807) is 6.20 Å². The summed E-state index contributed by atoms with van der Waals surface area (Å²) in [6.45, 7) is 0. The number of nitrogens with one attached hydrogen (secondary N) is 1. The molecular formula is C8H3FIN3. The van der Waals surface area contributed by atoms with Crippen LogP contribution in [0.25, 0.3) is 11.0 Å². The van der Waals surface area contributed by atoms with E-state index in [0.717, 1.165) is 9.77 Å². The maximum atomic E-state index is 13.1. The summed E-state index contributed by atoms with van der Waals surface area (Å²) in [5, 5.41) is 9.28. The Kier molecular flexibility index (Phi) is 1.92. The summed E-state index contributed by atoms with van der Waals surface area (Å²) >= 11 is 2.03. The first kappa shape index (κ1) is 8.44. The highest BCUT2D eigenvalue weighted by molar-refractivity contribution is 14.1. The van der Waals surface area contributed by atoms with Crippen LogP contribution in [0.3, 0.4) is 0 Å². The minimum Gasteiger partial charge on any atom is -0.345 e. The zero-order valence-corrected chi connectivity index (χ0v) is 8.46. The van der Waals surface area contributed by atoms with E-state index >= 15 is 0 Å². The molecule has 2 aromatic heterocycles. The van der Waals surface area contributed by atoms with Crippen molar-refractivity contribution in [3.63, 3.8) is 0 Å². The van der Waals surface area contributed by atoms with E-state index in [2.05, 4.69) is 9.97 Å². The molecule has 0 radical (unpaired) electrons. The molecule has 0 saturated carbocycles. The van der Waals surface area contributed by atoms with Crippen LogP contribution < -0.4 is 0 Å². The Labute approximate surface area is 86.7 Å². The van der Waals surface area contributed by atoms with Gasteiger partial charge in [0.05, 0.1) is 11.6 Å². The van der Waals surface area contributed by atoms with Crippen molar-refractivity contribution in [3.8, 4) is 6.07 Å². The molecular weight excluding hydrogens is 284 g/mol. The molecule has 0 spiro atoms. The second-order valence-corrected chi connectivity index (χ2v) is 3.62. The van der Waals surface area contributed by atoms with Gasteiger partial charge in [-0.1, -0.05) is 0 Å². The number of fused-ring (bicyclic) bond motifs is 1. The molecule has 5 heteroatoms. The fraction of sp³-hybridized carbons (Fsp3) is 0. The van der Waals surface area contributed by atoms with Crippen LogP contribution in [-0.4, -0.2) is 9.97 Å². The van der Waals surface area contributed by atoms with Gasteiger partial charge in [-0.15, -0.1) is 0 Å². The molecule has 64 valence electrons. The highest BCUT2D eigenvalue weighted by Gasteiger charge is 2.11. The van der Waals surface area contributed by atoms with E-state index in [4.69, 9.17) is 5.26 Å². The Balaban J connectivity index is 2.99. The zero-order chi connectivity index (χ0) is 9.42. The number of nitriles is 1. The molecule has 0 aliphatic heterocycles. The number of pyridine rings is 1. The summed E-state index contributed by atoms with van der Waals surface area (Å²) < 4.78 is 13.9. The highest BCUT2D eigenvalue weighted by atomic mass is 127. The van der Waals surface area contributed by atoms with Crippen molar-refractivity contribution in [2.75, 3.05) is 0 Å². The SMILES string of the molecule is N#Cc1c(F)cnc2[nH]cc(I)c12. The average Bonchev–Trinajstić information content (AvgIpc) is 2.49. The molecule has 3 nitrogen and oxygen atoms in total. The summed E-state index contributed by atoms with van der Waals surface area (Å²) in [4.78, 5) is 6.68. The molecule has 0 amide bonds. The van der Waals surface area contributed by atoms with E-state index in [1.165, 1.54) is 0 Å². The van der Waals surface area contributed by atoms with Crippen LogP contribution in [0.5, 0.6) is 0 Å². The van der Waals surface area contributed by atoms with Crippen LogP contribution in [0.15, 0.2) is 12.4 Å². The second kappa shape index (κ2) is 2.96. The smallest absolute Gasteiger partial charge is 0.160 e. The number of aromatic amines is 1. The van der Waals surface area contributed by atoms with Crippen molar-refractivity contribution in [1.82, 2.24) is 9.97 Å². The first-order chi connectivity index (χ1) is 6.24. The van der Waals surface area contributed by atoms with Crippen LogP contribution in [0, 0.1) is 20.7 Å². The lowest BCUT2D eigenvalue weighted by Gasteiger charge is -1.94. The largest absolute Gasteiger partial charge is 0.345 e.